The van der Waals surface area contributed by atoms with E-state index < -0.39 is 11.5 Å². The van der Waals surface area contributed by atoms with Gasteiger partial charge in [0.1, 0.15) is 21.8 Å². The number of rotatable bonds is 7. The summed E-state index contributed by atoms with van der Waals surface area (Å²) in [5.41, 5.74) is 2.43. The quantitative estimate of drug-likeness (QED) is 0.205. The van der Waals surface area contributed by atoms with Gasteiger partial charge in [0.05, 0.1) is 17.6 Å². The summed E-state index contributed by atoms with van der Waals surface area (Å²) >= 11 is 1.58. The van der Waals surface area contributed by atoms with Gasteiger partial charge in [0, 0.05) is 60.7 Å². The van der Waals surface area contributed by atoms with Crippen molar-refractivity contribution < 1.29 is 19.1 Å². The average Bonchev–Trinajstić information content (AvgIpc) is 3.77. The number of hydrogen-bond donors (Lipinski definition) is 2. The van der Waals surface area contributed by atoms with E-state index in [1.807, 2.05) is 56.0 Å². The van der Waals surface area contributed by atoms with E-state index in [0.717, 1.165) is 66.9 Å². The Kier molecular flexibility index (Phi) is 8.23. The fraction of sp³-hybridized carbons (Fsp3) is 0.371. The number of carbonyl (C=O) groups excluding carboxylic acids is 3. The van der Waals surface area contributed by atoms with Crippen LogP contribution in [0.4, 0.5) is 10.7 Å². The van der Waals surface area contributed by atoms with E-state index in [9.17, 15) is 14.4 Å². The first-order valence-corrected chi connectivity index (χ1v) is 16.8. The standard InChI is InChI=1S/C35H37N7O4S/c1-35(2,3)46-34(45)42-14-7-10-23(42)19-41-15-13-25-29(20-41)47-30(37-25)17-28(43)24-11-6-12-26-31(24)39-33(38-26)40-32(44)27-16-21-8-4-5-9-22(21)18-36-27/h4-6,8-9,11-12,16,18,23H,7,10,13-15,17,19-20H2,1-3H3,(H2,38,39,40,44)/t23-/m0/s1. The maximum Gasteiger partial charge on any atom is 0.410 e. The van der Waals surface area contributed by atoms with E-state index in [1.54, 1.807) is 35.7 Å². The Morgan fingerprint density at radius 3 is 2.72 bits per heavy atom. The number of imidazole rings is 1. The van der Waals surface area contributed by atoms with E-state index in [-0.39, 0.29) is 36.0 Å². The van der Waals surface area contributed by atoms with Gasteiger partial charge in [-0.3, -0.25) is 24.8 Å². The number of ether oxygens (including phenoxy) is 1. The molecule has 2 aliphatic rings. The minimum atomic E-state index is -0.516. The molecule has 2 aliphatic heterocycles. The van der Waals surface area contributed by atoms with Gasteiger partial charge in [0.25, 0.3) is 5.91 Å². The number of nitrogens with zero attached hydrogens (tertiary/aromatic N) is 5. The van der Waals surface area contributed by atoms with E-state index in [0.29, 0.717) is 16.6 Å². The third kappa shape index (κ3) is 6.75. The number of benzene rings is 2. The van der Waals surface area contributed by atoms with Crippen LogP contribution in [0, 0.1) is 0 Å². The van der Waals surface area contributed by atoms with Crippen molar-refractivity contribution >= 4 is 56.9 Å². The van der Waals surface area contributed by atoms with Crippen LogP contribution in [0.1, 0.15) is 70.0 Å². The van der Waals surface area contributed by atoms with Crippen LogP contribution >= 0.6 is 11.3 Å². The fourth-order valence-electron chi connectivity index (χ4n) is 6.35. The zero-order chi connectivity index (χ0) is 32.7. The van der Waals surface area contributed by atoms with Crippen LogP contribution in [0.3, 0.4) is 0 Å². The highest BCUT2D eigenvalue weighted by atomic mass is 32.1. The van der Waals surface area contributed by atoms with Gasteiger partial charge in [-0.2, -0.15) is 0 Å². The number of thiazole rings is 1. The van der Waals surface area contributed by atoms with Crippen molar-refractivity contribution in [2.75, 3.05) is 25.0 Å². The van der Waals surface area contributed by atoms with Crippen molar-refractivity contribution in [2.45, 2.75) is 64.6 Å². The first-order chi connectivity index (χ1) is 22.6. The largest absolute Gasteiger partial charge is 0.444 e. The molecule has 2 amide bonds. The number of aromatic nitrogens is 4. The number of nitrogens with one attached hydrogen (secondary N) is 2. The van der Waals surface area contributed by atoms with Crippen LogP contribution in [0.15, 0.2) is 54.7 Å². The van der Waals surface area contributed by atoms with Crippen LogP contribution in [-0.2, 0) is 24.1 Å². The van der Waals surface area contributed by atoms with Gasteiger partial charge in [0.15, 0.2) is 5.78 Å². The van der Waals surface area contributed by atoms with E-state index >= 15 is 0 Å². The van der Waals surface area contributed by atoms with Gasteiger partial charge in [-0.1, -0.05) is 30.3 Å². The van der Waals surface area contributed by atoms with Crippen LogP contribution in [0.5, 0.6) is 0 Å². The number of fused-ring (bicyclic) bond motifs is 3. The van der Waals surface area contributed by atoms with Crippen molar-refractivity contribution in [3.63, 3.8) is 0 Å². The number of pyridine rings is 1. The van der Waals surface area contributed by atoms with Gasteiger partial charge in [0.2, 0.25) is 5.95 Å². The molecule has 1 saturated heterocycles. The molecule has 2 N–H and O–H groups in total. The number of Topliss-reactive ketones (excluding diaryl/α,β-unsaturated/α-hetero) is 1. The molecule has 2 aromatic carbocycles. The number of likely N-dealkylation sites (tertiary alicyclic amines) is 1. The van der Waals surface area contributed by atoms with E-state index in [4.69, 9.17) is 9.72 Å². The summed E-state index contributed by atoms with van der Waals surface area (Å²) in [7, 11) is 0. The lowest BCUT2D eigenvalue weighted by Crippen LogP contribution is -2.46. The summed E-state index contributed by atoms with van der Waals surface area (Å²) in [5.74, 6) is -0.230. The second-order valence-electron chi connectivity index (χ2n) is 13.2. The molecule has 1 fully saturated rings. The SMILES string of the molecule is CC(C)(C)OC(=O)N1CCC[C@H]1CN1CCc2nc(CC(=O)c3cccc4[nH]c(NC(=O)c5cc6ccccc6cn5)nc34)sc2C1. The monoisotopic (exact) mass is 651 g/mol. The molecule has 12 heteroatoms. The Morgan fingerprint density at radius 2 is 1.89 bits per heavy atom. The second kappa shape index (κ2) is 12.5. The van der Waals surface area contributed by atoms with Crippen molar-refractivity contribution in [1.29, 1.82) is 0 Å². The molecule has 11 nitrogen and oxygen atoms in total. The molecule has 0 spiro atoms. The summed E-state index contributed by atoms with van der Waals surface area (Å²) in [6.45, 7) is 8.82. The first-order valence-electron chi connectivity index (χ1n) is 16.0. The summed E-state index contributed by atoms with van der Waals surface area (Å²) in [6, 6.07) is 15.0. The molecule has 7 rings (SSSR count). The highest BCUT2D eigenvalue weighted by Gasteiger charge is 2.34. The van der Waals surface area contributed by atoms with Crippen molar-refractivity contribution in [1.82, 2.24) is 29.7 Å². The molecule has 47 heavy (non-hydrogen) atoms. The molecule has 5 aromatic rings. The number of aromatic amines is 1. The third-order valence-electron chi connectivity index (χ3n) is 8.55. The molecule has 0 bridgehead atoms. The van der Waals surface area contributed by atoms with E-state index in [2.05, 4.69) is 25.2 Å². The molecule has 0 radical (unpaired) electrons. The Morgan fingerprint density at radius 1 is 1.06 bits per heavy atom. The lowest BCUT2D eigenvalue weighted by Gasteiger charge is -2.33. The summed E-state index contributed by atoms with van der Waals surface area (Å²) in [5, 5.41) is 5.43. The molecule has 0 saturated carbocycles. The number of ketones is 1. The van der Waals surface area contributed by atoms with Gasteiger partial charge in [-0.05, 0) is 57.2 Å². The molecular formula is C35H37N7O4S. The van der Waals surface area contributed by atoms with E-state index in [1.165, 1.54) is 4.88 Å². The van der Waals surface area contributed by atoms with Crippen LogP contribution in [0.2, 0.25) is 0 Å². The second-order valence-corrected chi connectivity index (χ2v) is 14.4. The number of anilines is 1. The van der Waals surface area contributed by atoms with Crippen LogP contribution in [-0.4, -0.2) is 78.8 Å². The molecular weight excluding hydrogens is 614 g/mol. The normalized spacial score (nSPS) is 16.8. The zero-order valence-electron chi connectivity index (χ0n) is 26.7. The predicted molar refractivity (Wildman–Crippen MR) is 181 cm³/mol. The Balaban J connectivity index is 1.00. The number of para-hydroxylation sites is 1. The number of carbonyl (C=O) groups is 3. The Bertz CT molecular complexity index is 1990. The average molecular weight is 652 g/mol. The molecule has 0 unspecified atom stereocenters. The van der Waals surface area contributed by atoms with Crippen LogP contribution in [0.25, 0.3) is 21.8 Å². The van der Waals surface area contributed by atoms with Gasteiger partial charge >= 0.3 is 6.09 Å². The third-order valence-corrected chi connectivity index (χ3v) is 9.63. The molecule has 5 heterocycles. The van der Waals surface area contributed by atoms with Crippen molar-refractivity contribution in [3.8, 4) is 0 Å². The maximum atomic E-state index is 13.6. The minimum Gasteiger partial charge on any atom is -0.444 e. The van der Waals surface area contributed by atoms with Crippen LogP contribution < -0.4 is 5.32 Å². The summed E-state index contributed by atoms with van der Waals surface area (Å²) < 4.78 is 5.65. The Hall–Kier alpha value is -4.68. The lowest BCUT2D eigenvalue weighted by atomic mass is 10.1. The van der Waals surface area contributed by atoms with Crippen molar-refractivity contribution in [3.05, 3.63) is 81.6 Å². The number of amides is 2. The fourth-order valence-corrected chi connectivity index (χ4v) is 7.50. The number of hydrogen-bond acceptors (Lipinski definition) is 9. The molecule has 1 atom stereocenters. The maximum absolute atomic E-state index is 13.6. The molecule has 3 aromatic heterocycles. The molecule has 0 aliphatic carbocycles. The first kappa shape index (κ1) is 30.9. The lowest BCUT2D eigenvalue weighted by molar-refractivity contribution is 0.0192. The topological polar surface area (TPSA) is 133 Å². The minimum absolute atomic E-state index is 0.0851. The zero-order valence-corrected chi connectivity index (χ0v) is 27.5. The van der Waals surface area contributed by atoms with Gasteiger partial charge in [-0.15, -0.1) is 11.3 Å². The Labute approximate surface area is 276 Å². The van der Waals surface area contributed by atoms with Gasteiger partial charge < -0.3 is 14.6 Å². The van der Waals surface area contributed by atoms with Gasteiger partial charge in [-0.25, -0.2) is 14.8 Å². The smallest absolute Gasteiger partial charge is 0.410 e. The highest BCUT2D eigenvalue weighted by Crippen LogP contribution is 2.29. The summed E-state index contributed by atoms with van der Waals surface area (Å²) in [6.07, 6.45) is 4.36. The highest BCUT2D eigenvalue weighted by molar-refractivity contribution is 7.11. The van der Waals surface area contributed by atoms with Crippen molar-refractivity contribution in [2.24, 2.45) is 0 Å². The molecule has 242 valence electrons. The predicted octanol–water partition coefficient (Wildman–Crippen LogP) is 6.00. The number of H-pyrrole nitrogens is 1. The summed E-state index contributed by atoms with van der Waals surface area (Å²) in [4.78, 5) is 61.6.